The molecule has 180 valence electrons. The molecule has 0 radical (unpaired) electrons. The molecule has 0 saturated carbocycles. The Labute approximate surface area is 203 Å². The molecule has 1 atom stereocenters. The summed E-state index contributed by atoms with van der Waals surface area (Å²) in [5.74, 6) is 0.880. The molecule has 0 saturated heterocycles. The lowest BCUT2D eigenvalue weighted by atomic mass is 9.90. The second kappa shape index (κ2) is 10.8. The quantitative estimate of drug-likeness (QED) is 0.425. The third kappa shape index (κ3) is 5.99. The third-order valence-electron chi connectivity index (χ3n) is 6.00. The van der Waals surface area contributed by atoms with Gasteiger partial charge in [-0.15, -0.1) is 0 Å². The standard InChI is InChI=1S/C30H36O4/c1-18(2)7-10-21-15-23(16-22(29(21)33)11-8-19(3)4)28-17-27(32)25-13-14-26(31)24(30(25)34-28)12-9-20(5)6/h7-9,13-16,28,31,33H,10-12,17H2,1-6H3/t28-/m1/s1. The van der Waals surface area contributed by atoms with Crippen molar-refractivity contribution < 1.29 is 19.7 Å². The Morgan fingerprint density at radius 1 is 0.882 bits per heavy atom. The molecule has 2 aromatic rings. The monoisotopic (exact) mass is 460 g/mol. The first-order chi connectivity index (χ1) is 16.1. The number of carbonyl (C=O) groups is 1. The van der Waals surface area contributed by atoms with Gasteiger partial charge in [0.15, 0.2) is 5.78 Å². The molecule has 4 heteroatoms. The van der Waals surface area contributed by atoms with E-state index < -0.39 is 6.10 Å². The molecule has 2 aromatic carbocycles. The third-order valence-corrected chi connectivity index (χ3v) is 6.00. The number of phenolic OH excluding ortho intramolecular Hbond substituents is 2. The highest BCUT2D eigenvalue weighted by Crippen LogP contribution is 2.42. The van der Waals surface area contributed by atoms with Gasteiger partial charge < -0.3 is 14.9 Å². The first kappa shape index (κ1) is 25.4. The molecule has 0 bridgehead atoms. The van der Waals surface area contributed by atoms with Crippen LogP contribution in [-0.4, -0.2) is 16.0 Å². The fraction of sp³-hybridized carbons (Fsp3) is 0.367. The number of aromatic hydroxyl groups is 2. The maximum Gasteiger partial charge on any atom is 0.170 e. The van der Waals surface area contributed by atoms with Crippen molar-refractivity contribution in [3.8, 4) is 17.2 Å². The van der Waals surface area contributed by atoms with Gasteiger partial charge in [0.2, 0.25) is 0 Å². The highest BCUT2D eigenvalue weighted by molar-refractivity contribution is 6.00. The Morgan fingerprint density at radius 3 is 1.94 bits per heavy atom. The molecular formula is C30H36O4. The number of allylic oxidation sites excluding steroid dienone is 6. The van der Waals surface area contributed by atoms with Gasteiger partial charge in [-0.25, -0.2) is 0 Å². The summed E-state index contributed by atoms with van der Waals surface area (Å²) in [4.78, 5) is 13.1. The Bertz CT molecular complexity index is 1130. The van der Waals surface area contributed by atoms with Gasteiger partial charge in [0.05, 0.1) is 12.0 Å². The first-order valence-corrected chi connectivity index (χ1v) is 11.9. The lowest BCUT2D eigenvalue weighted by molar-refractivity contribution is 0.0847. The van der Waals surface area contributed by atoms with Crippen LogP contribution in [0.1, 0.15) is 86.7 Å². The molecule has 3 rings (SSSR count). The van der Waals surface area contributed by atoms with Crippen molar-refractivity contribution in [2.45, 2.75) is 73.3 Å². The minimum Gasteiger partial charge on any atom is -0.508 e. The molecule has 0 unspecified atom stereocenters. The summed E-state index contributed by atoms with van der Waals surface area (Å²) in [6, 6.07) is 7.11. The molecule has 34 heavy (non-hydrogen) atoms. The molecule has 0 amide bonds. The fourth-order valence-corrected chi connectivity index (χ4v) is 4.04. The van der Waals surface area contributed by atoms with Crippen LogP contribution in [-0.2, 0) is 19.3 Å². The van der Waals surface area contributed by atoms with E-state index in [-0.39, 0.29) is 18.0 Å². The van der Waals surface area contributed by atoms with Crippen LogP contribution < -0.4 is 4.74 Å². The zero-order valence-electron chi connectivity index (χ0n) is 21.2. The largest absolute Gasteiger partial charge is 0.508 e. The normalized spacial score (nSPS) is 14.6. The molecule has 0 fully saturated rings. The van der Waals surface area contributed by atoms with Crippen LogP contribution in [0.4, 0.5) is 0 Å². The zero-order chi connectivity index (χ0) is 25.0. The van der Waals surface area contributed by atoms with Gasteiger partial charge in [-0.1, -0.05) is 34.9 Å². The summed E-state index contributed by atoms with van der Waals surface area (Å²) >= 11 is 0. The maximum atomic E-state index is 13.1. The second-order valence-corrected chi connectivity index (χ2v) is 9.82. The SMILES string of the molecule is CC(C)=CCc1cc([C@H]2CC(=O)c3ccc(O)c(CC=C(C)C)c3O2)cc(CC=C(C)C)c1O. The van der Waals surface area contributed by atoms with Crippen molar-refractivity contribution in [1.82, 2.24) is 0 Å². The molecule has 1 aliphatic heterocycles. The van der Waals surface area contributed by atoms with Crippen molar-refractivity contribution in [1.29, 1.82) is 0 Å². The van der Waals surface area contributed by atoms with E-state index in [0.717, 1.165) is 22.3 Å². The molecular weight excluding hydrogens is 424 g/mol. The average molecular weight is 461 g/mol. The van der Waals surface area contributed by atoms with E-state index in [1.54, 1.807) is 12.1 Å². The van der Waals surface area contributed by atoms with E-state index in [1.165, 1.54) is 11.1 Å². The van der Waals surface area contributed by atoms with Crippen molar-refractivity contribution in [2.24, 2.45) is 0 Å². The minimum atomic E-state index is -0.483. The lowest BCUT2D eigenvalue weighted by Crippen LogP contribution is -2.22. The van der Waals surface area contributed by atoms with E-state index in [9.17, 15) is 15.0 Å². The van der Waals surface area contributed by atoms with Crippen molar-refractivity contribution >= 4 is 5.78 Å². The molecule has 1 heterocycles. The second-order valence-electron chi connectivity index (χ2n) is 9.82. The molecule has 4 nitrogen and oxygen atoms in total. The summed E-state index contributed by atoms with van der Waals surface area (Å²) in [6.07, 6.45) is 7.62. The highest BCUT2D eigenvalue weighted by atomic mass is 16.5. The number of carbonyl (C=O) groups excluding carboxylic acids is 1. The molecule has 0 spiro atoms. The summed E-state index contributed by atoms with van der Waals surface area (Å²) in [5, 5.41) is 21.5. The Kier molecular flexibility index (Phi) is 8.03. The number of rotatable bonds is 7. The van der Waals surface area contributed by atoms with Gasteiger partial charge in [-0.05, 0) is 102 Å². The van der Waals surface area contributed by atoms with Gasteiger partial charge >= 0.3 is 0 Å². The smallest absolute Gasteiger partial charge is 0.170 e. The van der Waals surface area contributed by atoms with Gasteiger partial charge in [0.1, 0.15) is 23.4 Å². The van der Waals surface area contributed by atoms with Crippen molar-refractivity contribution in [3.63, 3.8) is 0 Å². The zero-order valence-corrected chi connectivity index (χ0v) is 21.2. The lowest BCUT2D eigenvalue weighted by Gasteiger charge is -2.28. The Morgan fingerprint density at radius 2 is 1.41 bits per heavy atom. The van der Waals surface area contributed by atoms with Crippen molar-refractivity contribution in [2.75, 3.05) is 0 Å². The maximum absolute atomic E-state index is 13.1. The van der Waals surface area contributed by atoms with Gasteiger partial charge in [-0.3, -0.25) is 4.79 Å². The molecule has 0 aliphatic carbocycles. The molecule has 2 N–H and O–H groups in total. The van der Waals surface area contributed by atoms with Crippen LogP contribution in [0.25, 0.3) is 0 Å². The van der Waals surface area contributed by atoms with Crippen LogP contribution >= 0.6 is 0 Å². The van der Waals surface area contributed by atoms with Gasteiger partial charge in [0.25, 0.3) is 0 Å². The Hall–Kier alpha value is -3.27. The highest BCUT2D eigenvalue weighted by Gasteiger charge is 2.31. The van der Waals surface area contributed by atoms with Crippen LogP contribution in [0.2, 0.25) is 0 Å². The Balaban J connectivity index is 2.07. The summed E-state index contributed by atoms with van der Waals surface area (Å²) in [5.41, 5.74) is 7.12. The fourth-order valence-electron chi connectivity index (χ4n) is 4.04. The summed E-state index contributed by atoms with van der Waals surface area (Å²) in [6.45, 7) is 12.1. The molecule has 0 aromatic heterocycles. The number of Topliss-reactive ketones (excluding diaryl/α,β-unsaturated/α-hetero) is 1. The summed E-state index contributed by atoms with van der Waals surface area (Å²) < 4.78 is 6.41. The number of hydrogen-bond acceptors (Lipinski definition) is 4. The number of fused-ring (bicyclic) bond motifs is 1. The van der Waals surface area contributed by atoms with E-state index >= 15 is 0 Å². The number of benzene rings is 2. The van der Waals surface area contributed by atoms with Crippen LogP contribution in [0.5, 0.6) is 17.2 Å². The predicted molar refractivity (Wildman–Crippen MR) is 138 cm³/mol. The minimum absolute atomic E-state index is 0.00512. The van der Waals surface area contributed by atoms with Crippen LogP contribution in [0.15, 0.2) is 59.2 Å². The van der Waals surface area contributed by atoms with Crippen molar-refractivity contribution in [3.05, 3.63) is 87.0 Å². The number of ketones is 1. The van der Waals surface area contributed by atoms with E-state index in [1.807, 2.05) is 59.8 Å². The van der Waals surface area contributed by atoms with E-state index in [0.29, 0.717) is 41.9 Å². The number of ether oxygens (including phenoxy) is 1. The number of hydrogen-bond donors (Lipinski definition) is 2. The van der Waals surface area contributed by atoms with Gasteiger partial charge in [-0.2, -0.15) is 0 Å². The van der Waals surface area contributed by atoms with Crippen LogP contribution in [0, 0.1) is 0 Å². The van der Waals surface area contributed by atoms with E-state index in [2.05, 4.69) is 12.2 Å². The van der Waals surface area contributed by atoms with E-state index in [4.69, 9.17) is 4.74 Å². The average Bonchev–Trinajstić information content (AvgIpc) is 2.76. The first-order valence-electron chi connectivity index (χ1n) is 11.9. The summed E-state index contributed by atoms with van der Waals surface area (Å²) in [7, 11) is 0. The van der Waals surface area contributed by atoms with Crippen LogP contribution in [0.3, 0.4) is 0 Å². The number of phenols is 2. The predicted octanol–water partition coefficient (Wildman–Crippen LogP) is 7.33. The van der Waals surface area contributed by atoms with Gasteiger partial charge in [0, 0.05) is 5.56 Å². The topological polar surface area (TPSA) is 66.8 Å². The molecule has 1 aliphatic rings.